The van der Waals surface area contributed by atoms with Crippen molar-refractivity contribution in [3.05, 3.63) is 34.9 Å². The molecule has 1 aliphatic carbocycles. The first-order valence-corrected chi connectivity index (χ1v) is 7.20. The number of piperidine rings is 1. The Hall–Kier alpha value is -1.51. The standard InChI is InChI=1S/C16H21NO2/c1-3-19-16(18)17-8-7-12-9-14-11(2)5-4-6-13(14)15(12)10-17/h4-6,12,15H,3,7-10H2,1-2H3/t12-,15-/m0/s1. The largest absolute Gasteiger partial charge is 0.450 e. The number of hydrogen-bond donors (Lipinski definition) is 0. The molecule has 0 unspecified atom stereocenters. The molecule has 1 aromatic rings. The van der Waals surface area contributed by atoms with Gasteiger partial charge in [0, 0.05) is 19.0 Å². The van der Waals surface area contributed by atoms with Crippen LogP contribution in [-0.4, -0.2) is 30.7 Å². The van der Waals surface area contributed by atoms with Gasteiger partial charge in [-0.25, -0.2) is 4.79 Å². The Kier molecular flexibility index (Phi) is 3.21. The number of likely N-dealkylation sites (tertiary alicyclic amines) is 1. The highest BCUT2D eigenvalue weighted by Crippen LogP contribution is 2.43. The Labute approximate surface area is 114 Å². The summed E-state index contributed by atoms with van der Waals surface area (Å²) < 4.78 is 5.13. The summed E-state index contributed by atoms with van der Waals surface area (Å²) in [7, 11) is 0. The number of hydrogen-bond acceptors (Lipinski definition) is 2. The lowest BCUT2D eigenvalue weighted by molar-refractivity contribution is 0.0876. The predicted molar refractivity (Wildman–Crippen MR) is 74.3 cm³/mol. The van der Waals surface area contributed by atoms with Crippen molar-refractivity contribution in [3.63, 3.8) is 0 Å². The van der Waals surface area contributed by atoms with E-state index in [0.29, 0.717) is 18.4 Å². The number of amides is 1. The molecular formula is C16H21NO2. The normalized spacial score (nSPS) is 24.8. The zero-order valence-corrected chi connectivity index (χ0v) is 11.7. The van der Waals surface area contributed by atoms with Crippen LogP contribution in [0.3, 0.4) is 0 Å². The summed E-state index contributed by atoms with van der Waals surface area (Å²) in [6.45, 7) is 6.17. The summed E-state index contributed by atoms with van der Waals surface area (Å²) in [6, 6.07) is 6.57. The van der Waals surface area contributed by atoms with Gasteiger partial charge in [-0.15, -0.1) is 0 Å². The van der Waals surface area contributed by atoms with Crippen LogP contribution in [0.2, 0.25) is 0 Å². The van der Waals surface area contributed by atoms with Gasteiger partial charge in [0.15, 0.2) is 0 Å². The zero-order valence-electron chi connectivity index (χ0n) is 11.7. The smallest absolute Gasteiger partial charge is 0.409 e. The number of rotatable bonds is 1. The molecule has 0 radical (unpaired) electrons. The van der Waals surface area contributed by atoms with Crippen molar-refractivity contribution in [2.75, 3.05) is 19.7 Å². The van der Waals surface area contributed by atoms with E-state index in [2.05, 4.69) is 25.1 Å². The molecule has 1 amide bonds. The topological polar surface area (TPSA) is 29.5 Å². The molecule has 2 aliphatic rings. The minimum absolute atomic E-state index is 0.151. The van der Waals surface area contributed by atoms with Crippen molar-refractivity contribution >= 4 is 6.09 Å². The van der Waals surface area contributed by atoms with Crippen molar-refractivity contribution in [2.24, 2.45) is 5.92 Å². The lowest BCUT2D eigenvalue weighted by Gasteiger charge is -2.34. The van der Waals surface area contributed by atoms with Gasteiger partial charge in [-0.1, -0.05) is 18.2 Å². The summed E-state index contributed by atoms with van der Waals surface area (Å²) in [5.74, 6) is 1.22. The Balaban J connectivity index is 1.81. The molecule has 2 atom stereocenters. The van der Waals surface area contributed by atoms with Crippen LogP contribution in [0.15, 0.2) is 18.2 Å². The van der Waals surface area contributed by atoms with Crippen LogP contribution < -0.4 is 0 Å². The summed E-state index contributed by atoms with van der Waals surface area (Å²) in [6.07, 6.45) is 2.13. The van der Waals surface area contributed by atoms with Crippen molar-refractivity contribution in [1.29, 1.82) is 0 Å². The van der Waals surface area contributed by atoms with Crippen molar-refractivity contribution in [1.82, 2.24) is 4.90 Å². The maximum absolute atomic E-state index is 11.9. The van der Waals surface area contributed by atoms with Crippen molar-refractivity contribution in [2.45, 2.75) is 32.6 Å². The third kappa shape index (κ3) is 2.11. The highest BCUT2D eigenvalue weighted by Gasteiger charge is 2.38. The van der Waals surface area contributed by atoms with E-state index in [1.165, 1.54) is 23.1 Å². The highest BCUT2D eigenvalue weighted by molar-refractivity contribution is 5.68. The quantitative estimate of drug-likeness (QED) is 0.775. The molecule has 1 aromatic carbocycles. The molecule has 19 heavy (non-hydrogen) atoms. The molecule has 0 bridgehead atoms. The summed E-state index contributed by atoms with van der Waals surface area (Å²) >= 11 is 0. The van der Waals surface area contributed by atoms with Gasteiger partial charge >= 0.3 is 6.09 Å². The van der Waals surface area contributed by atoms with E-state index < -0.39 is 0 Å². The first-order valence-electron chi connectivity index (χ1n) is 7.20. The molecule has 0 N–H and O–H groups in total. The first kappa shape index (κ1) is 12.5. The van der Waals surface area contributed by atoms with Crippen LogP contribution in [0.1, 0.15) is 36.0 Å². The van der Waals surface area contributed by atoms with Crippen LogP contribution >= 0.6 is 0 Å². The molecule has 1 aliphatic heterocycles. The summed E-state index contributed by atoms with van der Waals surface area (Å²) in [4.78, 5) is 13.7. The van der Waals surface area contributed by atoms with E-state index >= 15 is 0 Å². The Morgan fingerprint density at radius 3 is 3.11 bits per heavy atom. The molecule has 1 fully saturated rings. The van der Waals surface area contributed by atoms with E-state index in [-0.39, 0.29) is 6.09 Å². The van der Waals surface area contributed by atoms with Gasteiger partial charge in [0.1, 0.15) is 0 Å². The van der Waals surface area contributed by atoms with E-state index in [1.54, 1.807) is 0 Å². The molecular weight excluding hydrogens is 238 g/mol. The molecule has 3 rings (SSSR count). The fourth-order valence-electron chi connectivity index (χ4n) is 3.59. The van der Waals surface area contributed by atoms with Crippen LogP contribution in [0.5, 0.6) is 0 Å². The average molecular weight is 259 g/mol. The van der Waals surface area contributed by atoms with Crippen molar-refractivity contribution in [3.8, 4) is 0 Å². The third-order valence-electron chi connectivity index (χ3n) is 4.59. The number of fused-ring (bicyclic) bond motifs is 3. The van der Waals surface area contributed by atoms with Crippen molar-refractivity contribution < 1.29 is 9.53 Å². The monoisotopic (exact) mass is 259 g/mol. The number of ether oxygens (including phenoxy) is 1. The number of carbonyl (C=O) groups excluding carboxylic acids is 1. The van der Waals surface area contributed by atoms with Gasteiger partial charge in [0.05, 0.1) is 6.61 Å². The maximum atomic E-state index is 11.9. The maximum Gasteiger partial charge on any atom is 0.409 e. The van der Waals surface area contributed by atoms with E-state index in [9.17, 15) is 4.79 Å². The lowest BCUT2D eigenvalue weighted by atomic mass is 9.86. The predicted octanol–water partition coefficient (Wildman–Crippen LogP) is 3.11. The number of carbonyl (C=O) groups is 1. The van der Waals surface area contributed by atoms with E-state index in [0.717, 1.165) is 19.5 Å². The van der Waals surface area contributed by atoms with Gasteiger partial charge in [-0.05, 0) is 49.3 Å². The number of aryl methyl sites for hydroxylation is 1. The molecule has 0 spiro atoms. The van der Waals surface area contributed by atoms with E-state index in [1.807, 2.05) is 11.8 Å². The van der Waals surface area contributed by atoms with Gasteiger partial charge in [0.25, 0.3) is 0 Å². The fourth-order valence-corrected chi connectivity index (χ4v) is 3.59. The van der Waals surface area contributed by atoms with E-state index in [4.69, 9.17) is 4.74 Å². The van der Waals surface area contributed by atoms with Crippen LogP contribution in [-0.2, 0) is 11.2 Å². The van der Waals surface area contributed by atoms with Gasteiger partial charge in [-0.3, -0.25) is 0 Å². The summed E-state index contributed by atoms with van der Waals surface area (Å²) in [5.41, 5.74) is 4.37. The molecule has 0 saturated carbocycles. The zero-order chi connectivity index (χ0) is 13.4. The second-order valence-electron chi connectivity index (χ2n) is 5.65. The second-order valence-corrected chi connectivity index (χ2v) is 5.65. The van der Waals surface area contributed by atoms with Gasteiger partial charge in [-0.2, -0.15) is 0 Å². The Morgan fingerprint density at radius 1 is 1.47 bits per heavy atom. The minimum Gasteiger partial charge on any atom is -0.450 e. The third-order valence-corrected chi connectivity index (χ3v) is 4.59. The van der Waals surface area contributed by atoms with Gasteiger partial charge in [0.2, 0.25) is 0 Å². The minimum atomic E-state index is -0.151. The fraction of sp³-hybridized carbons (Fsp3) is 0.562. The number of benzene rings is 1. The molecule has 102 valence electrons. The SMILES string of the molecule is CCOC(=O)N1CC[C@H]2Cc3c(C)cccc3[C@H]2C1. The van der Waals surface area contributed by atoms with Crippen LogP contribution in [0, 0.1) is 12.8 Å². The average Bonchev–Trinajstić information content (AvgIpc) is 2.78. The van der Waals surface area contributed by atoms with Gasteiger partial charge < -0.3 is 9.64 Å². The lowest BCUT2D eigenvalue weighted by Crippen LogP contribution is -2.42. The molecule has 3 heteroatoms. The highest BCUT2D eigenvalue weighted by atomic mass is 16.6. The second kappa shape index (κ2) is 4.87. The molecule has 0 aromatic heterocycles. The molecule has 3 nitrogen and oxygen atoms in total. The molecule has 1 heterocycles. The Morgan fingerprint density at radius 2 is 2.32 bits per heavy atom. The molecule has 1 saturated heterocycles. The first-order chi connectivity index (χ1) is 9.20. The van der Waals surface area contributed by atoms with Crippen LogP contribution in [0.4, 0.5) is 4.79 Å². The summed E-state index contributed by atoms with van der Waals surface area (Å²) in [5, 5.41) is 0. The van der Waals surface area contributed by atoms with Crippen LogP contribution in [0.25, 0.3) is 0 Å². The number of nitrogens with zero attached hydrogens (tertiary/aromatic N) is 1. The Bertz CT molecular complexity index is 498.